The summed E-state index contributed by atoms with van der Waals surface area (Å²) in [6, 6.07) is 7.63. The third-order valence-electron chi connectivity index (χ3n) is 4.74. The molecule has 1 saturated carbocycles. The summed E-state index contributed by atoms with van der Waals surface area (Å²) in [6.07, 6.45) is 4.84. The van der Waals surface area contributed by atoms with Crippen molar-refractivity contribution in [3.8, 4) is 0 Å². The fourth-order valence-corrected chi connectivity index (χ4v) is 3.06. The van der Waals surface area contributed by atoms with Crippen LogP contribution in [-0.4, -0.2) is 44.8 Å². The van der Waals surface area contributed by atoms with E-state index in [0.717, 1.165) is 16.9 Å². The van der Waals surface area contributed by atoms with Gasteiger partial charge in [0, 0.05) is 37.8 Å². The Morgan fingerprint density at radius 1 is 1.20 bits per heavy atom. The van der Waals surface area contributed by atoms with E-state index in [1.165, 1.54) is 19.8 Å². The lowest BCUT2D eigenvalue weighted by Gasteiger charge is -2.39. The Morgan fingerprint density at radius 2 is 1.92 bits per heavy atom. The number of likely N-dealkylation sites (tertiary alicyclic amines) is 1. The predicted octanol–water partition coefficient (Wildman–Crippen LogP) is 1.74. The maximum Gasteiger partial charge on any atom is 0.227 e. The predicted molar refractivity (Wildman–Crippen MR) is 92.1 cm³/mol. The van der Waals surface area contributed by atoms with Gasteiger partial charge in [-0.3, -0.25) is 9.59 Å². The molecular formula is C18H21N5O2. The molecule has 1 aliphatic heterocycles. The zero-order valence-corrected chi connectivity index (χ0v) is 14.2. The Hall–Kier alpha value is -2.70. The summed E-state index contributed by atoms with van der Waals surface area (Å²) in [4.78, 5) is 25.2. The molecule has 2 aromatic rings. The SMILES string of the molecule is CC(=O)Nc1ccc(CC(=O)N2CC(n3cc(C4CC4)nn3)C2)cc1. The largest absolute Gasteiger partial charge is 0.338 e. The number of amides is 2. The van der Waals surface area contributed by atoms with Gasteiger partial charge in [-0.2, -0.15) is 0 Å². The van der Waals surface area contributed by atoms with Crippen LogP contribution < -0.4 is 5.32 Å². The first-order chi connectivity index (χ1) is 12.1. The molecule has 1 aromatic heterocycles. The van der Waals surface area contributed by atoms with Gasteiger partial charge in [0.2, 0.25) is 11.8 Å². The number of hydrogen-bond acceptors (Lipinski definition) is 4. The zero-order valence-electron chi connectivity index (χ0n) is 14.2. The molecule has 2 heterocycles. The third kappa shape index (κ3) is 3.55. The highest BCUT2D eigenvalue weighted by atomic mass is 16.2. The van der Waals surface area contributed by atoms with E-state index in [-0.39, 0.29) is 17.9 Å². The molecule has 1 N–H and O–H groups in total. The van der Waals surface area contributed by atoms with Crippen LogP contribution in [0.2, 0.25) is 0 Å². The van der Waals surface area contributed by atoms with Crippen molar-refractivity contribution >= 4 is 17.5 Å². The fourth-order valence-electron chi connectivity index (χ4n) is 3.06. The van der Waals surface area contributed by atoms with Gasteiger partial charge < -0.3 is 10.2 Å². The van der Waals surface area contributed by atoms with Crippen LogP contribution in [0.4, 0.5) is 5.69 Å². The highest BCUT2D eigenvalue weighted by Crippen LogP contribution is 2.39. The standard InChI is InChI=1S/C18H21N5O2/c1-12(24)19-15-6-2-13(3-7-15)8-18(25)22-9-16(10-22)23-11-17(20-21-23)14-4-5-14/h2-3,6-7,11,14,16H,4-5,8-10H2,1H3,(H,19,24). The molecule has 2 fully saturated rings. The van der Waals surface area contributed by atoms with E-state index in [1.807, 2.05) is 40.0 Å². The molecule has 130 valence electrons. The molecule has 0 radical (unpaired) electrons. The second-order valence-corrected chi connectivity index (χ2v) is 6.91. The lowest BCUT2D eigenvalue weighted by Crippen LogP contribution is -2.51. The topological polar surface area (TPSA) is 80.1 Å². The first-order valence-electron chi connectivity index (χ1n) is 8.64. The van der Waals surface area contributed by atoms with E-state index >= 15 is 0 Å². The van der Waals surface area contributed by atoms with E-state index in [0.29, 0.717) is 25.4 Å². The highest BCUT2D eigenvalue weighted by Gasteiger charge is 2.34. The molecule has 7 nitrogen and oxygen atoms in total. The Bertz CT molecular complexity index is 788. The van der Waals surface area contributed by atoms with Crippen LogP contribution >= 0.6 is 0 Å². The lowest BCUT2D eigenvalue weighted by molar-refractivity contribution is -0.136. The Morgan fingerprint density at radius 3 is 2.56 bits per heavy atom. The minimum Gasteiger partial charge on any atom is -0.338 e. The monoisotopic (exact) mass is 339 g/mol. The summed E-state index contributed by atoms with van der Waals surface area (Å²) in [5.74, 6) is 0.617. The van der Waals surface area contributed by atoms with Gasteiger partial charge in [0.1, 0.15) is 0 Å². The molecule has 1 saturated heterocycles. The van der Waals surface area contributed by atoms with Gasteiger partial charge in [0.15, 0.2) is 0 Å². The molecule has 7 heteroatoms. The molecule has 0 bridgehead atoms. The van der Waals surface area contributed by atoms with Crippen molar-refractivity contribution in [3.63, 3.8) is 0 Å². The third-order valence-corrected chi connectivity index (χ3v) is 4.74. The number of benzene rings is 1. The maximum atomic E-state index is 12.4. The molecule has 1 aliphatic carbocycles. The molecule has 25 heavy (non-hydrogen) atoms. The summed E-state index contributed by atoms with van der Waals surface area (Å²) < 4.78 is 1.90. The van der Waals surface area contributed by atoms with Gasteiger partial charge >= 0.3 is 0 Å². The van der Waals surface area contributed by atoms with Crippen molar-refractivity contribution in [2.45, 2.75) is 38.1 Å². The number of hydrogen-bond donors (Lipinski definition) is 1. The van der Waals surface area contributed by atoms with Gasteiger partial charge in [-0.25, -0.2) is 4.68 Å². The van der Waals surface area contributed by atoms with Crippen molar-refractivity contribution in [1.82, 2.24) is 19.9 Å². The molecule has 2 amide bonds. The average molecular weight is 339 g/mol. The fraction of sp³-hybridized carbons (Fsp3) is 0.444. The van der Waals surface area contributed by atoms with Gasteiger partial charge in [0.05, 0.1) is 18.2 Å². The maximum absolute atomic E-state index is 12.4. The number of nitrogens with one attached hydrogen (secondary N) is 1. The van der Waals surface area contributed by atoms with E-state index in [9.17, 15) is 9.59 Å². The molecule has 0 unspecified atom stereocenters. The van der Waals surface area contributed by atoms with Crippen LogP contribution in [0.3, 0.4) is 0 Å². The Kier molecular flexibility index (Phi) is 3.99. The van der Waals surface area contributed by atoms with E-state index < -0.39 is 0 Å². The highest BCUT2D eigenvalue weighted by molar-refractivity contribution is 5.88. The minimum atomic E-state index is -0.103. The van der Waals surface area contributed by atoms with Crippen molar-refractivity contribution in [2.24, 2.45) is 0 Å². The van der Waals surface area contributed by atoms with Gasteiger partial charge in [-0.05, 0) is 30.5 Å². The number of anilines is 1. The lowest BCUT2D eigenvalue weighted by atomic mass is 10.1. The smallest absolute Gasteiger partial charge is 0.227 e. The minimum absolute atomic E-state index is 0.103. The van der Waals surface area contributed by atoms with Crippen molar-refractivity contribution in [3.05, 3.63) is 41.7 Å². The molecule has 0 spiro atoms. The van der Waals surface area contributed by atoms with Gasteiger partial charge in [0.25, 0.3) is 0 Å². The first kappa shape index (κ1) is 15.8. The zero-order chi connectivity index (χ0) is 17.4. The van der Waals surface area contributed by atoms with Crippen molar-refractivity contribution in [2.75, 3.05) is 18.4 Å². The summed E-state index contributed by atoms with van der Waals surface area (Å²) in [7, 11) is 0. The Labute approximate surface area is 146 Å². The normalized spacial score (nSPS) is 17.2. The van der Waals surface area contributed by atoms with Crippen molar-refractivity contribution < 1.29 is 9.59 Å². The second-order valence-electron chi connectivity index (χ2n) is 6.91. The van der Waals surface area contributed by atoms with E-state index in [4.69, 9.17) is 0 Å². The molecule has 4 rings (SSSR count). The number of nitrogens with zero attached hydrogens (tertiary/aromatic N) is 4. The van der Waals surface area contributed by atoms with Crippen LogP contribution in [0.1, 0.15) is 43.0 Å². The van der Waals surface area contributed by atoms with Gasteiger partial charge in [-0.15, -0.1) is 5.10 Å². The van der Waals surface area contributed by atoms with Crippen molar-refractivity contribution in [1.29, 1.82) is 0 Å². The number of carbonyl (C=O) groups excluding carboxylic acids is 2. The number of aromatic nitrogens is 3. The summed E-state index contributed by atoms with van der Waals surface area (Å²) in [6.45, 7) is 2.85. The van der Waals surface area contributed by atoms with Crippen LogP contribution in [0, 0.1) is 0 Å². The molecule has 1 aromatic carbocycles. The van der Waals surface area contributed by atoms with Crippen LogP contribution in [-0.2, 0) is 16.0 Å². The first-order valence-corrected chi connectivity index (χ1v) is 8.64. The summed E-state index contributed by atoms with van der Waals surface area (Å²) in [5, 5.41) is 11.2. The average Bonchev–Trinajstić information content (AvgIpc) is 3.27. The van der Waals surface area contributed by atoms with Crippen LogP contribution in [0.5, 0.6) is 0 Å². The summed E-state index contributed by atoms with van der Waals surface area (Å²) >= 11 is 0. The Balaban J connectivity index is 1.28. The number of carbonyl (C=O) groups is 2. The van der Waals surface area contributed by atoms with Crippen LogP contribution in [0.25, 0.3) is 0 Å². The summed E-state index contributed by atoms with van der Waals surface area (Å²) in [5.41, 5.74) is 2.77. The van der Waals surface area contributed by atoms with E-state index in [1.54, 1.807) is 0 Å². The molecule has 0 atom stereocenters. The van der Waals surface area contributed by atoms with E-state index in [2.05, 4.69) is 15.6 Å². The number of rotatable bonds is 5. The van der Waals surface area contributed by atoms with Crippen LogP contribution in [0.15, 0.2) is 30.5 Å². The molecular weight excluding hydrogens is 318 g/mol. The second kappa shape index (κ2) is 6.31. The molecule has 2 aliphatic rings. The quantitative estimate of drug-likeness (QED) is 0.900. The van der Waals surface area contributed by atoms with Gasteiger partial charge in [-0.1, -0.05) is 17.3 Å².